The fourth-order valence-corrected chi connectivity index (χ4v) is 3.21. The molecule has 0 aliphatic carbocycles. The Morgan fingerprint density at radius 1 is 0.966 bits per heavy atom. The summed E-state index contributed by atoms with van der Waals surface area (Å²) in [6, 6.07) is 24.5. The highest BCUT2D eigenvalue weighted by atomic mass is 35.5. The van der Waals surface area contributed by atoms with E-state index < -0.39 is 0 Å². The highest BCUT2D eigenvalue weighted by Crippen LogP contribution is 2.26. The van der Waals surface area contributed by atoms with Gasteiger partial charge in [-0.3, -0.25) is 4.79 Å². The molecule has 3 rings (SSSR count). The van der Waals surface area contributed by atoms with E-state index in [2.05, 4.69) is 5.32 Å². The summed E-state index contributed by atoms with van der Waals surface area (Å²) in [6.07, 6.45) is -0.244. The number of carbonyl (C=O) groups excluding carboxylic acids is 1. The summed E-state index contributed by atoms with van der Waals surface area (Å²) in [4.78, 5) is 12.9. The molecule has 0 saturated carbocycles. The molecule has 3 aromatic rings. The lowest BCUT2D eigenvalue weighted by atomic mass is 10.1. The summed E-state index contributed by atoms with van der Waals surface area (Å²) in [5.41, 5.74) is 2.42. The van der Waals surface area contributed by atoms with Crippen LogP contribution in [0.2, 0.25) is 5.02 Å². The summed E-state index contributed by atoms with van der Waals surface area (Å²) in [5, 5.41) is 3.48. The minimum Gasteiger partial charge on any atom is -0.490 e. The molecule has 0 saturated heterocycles. The van der Waals surface area contributed by atoms with E-state index in [1.807, 2.05) is 67.6 Å². The molecule has 1 amide bonds. The van der Waals surface area contributed by atoms with Crippen LogP contribution in [0.25, 0.3) is 0 Å². The molecule has 2 atom stereocenters. The van der Waals surface area contributed by atoms with Crippen LogP contribution in [-0.2, 0) is 4.74 Å². The Hall–Kier alpha value is -2.82. The molecule has 0 spiro atoms. The SMILES string of the molecule is CO[C@H](COc1ccc(Cl)cc1C(=O)N[C@@H](C)c1ccccc1)c1ccccc1. The van der Waals surface area contributed by atoms with Crippen LogP contribution in [0, 0.1) is 0 Å². The van der Waals surface area contributed by atoms with Crippen LogP contribution >= 0.6 is 11.6 Å². The van der Waals surface area contributed by atoms with Crippen molar-refractivity contribution in [2.24, 2.45) is 0 Å². The second-order valence-corrected chi connectivity index (χ2v) is 7.13. The van der Waals surface area contributed by atoms with Crippen molar-refractivity contribution in [3.63, 3.8) is 0 Å². The quantitative estimate of drug-likeness (QED) is 0.527. The van der Waals surface area contributed by atoms with E-state index in [1.54, 1.807) is 25.3 Å². The molecular formula is C24H24ClNO3. The number of methoxy groups -OCH3 is 1. The van der Waals surface area contributed by atoms with Crippen molar-refractivity contribution in [3.8, 4) is 5.75 Å². The summed E-state index contributed by atoms with van der Waals surface area (Å²) in [6.45, 7) is 2.21. The second-order valence-electron chi connectivity index (χ2n) is 6.69. The molecule has 0 aliphatic heterocycles. The lowest BCUT2D eigenvalue weighted by molar-refractivity contribution is 0.0569. The highest BCUT2D eigenvalue weighted by molar-refractivity contribution is 6.31. The molecule has 0 aliphatic rings. The Kier molecular flexibility index (Phi) is 7.28. The van der Waals surface area contributed by atoms with Crippen LogP contribution in [0.3, 0.4) is 0 Å². The predicted octanol–water partition coefficient (Wildman–Crippen LogP) is 5.60. The van der Waals surface area contributed by atoms with Gasteiger partial charge >= 0.3 is 0 Å². The fourth-order valence-electron chi connectivity index (χ4n) is 3.04. The van der Waals surface area contributed by atoms with Gasteiger partial charge in [0.2, 0.25) is 0 Å². The third-order valence-corrected chi connectivity index (χ3v) is 4.91. The van der Waals surface area contributed by atoms with Crippen molar-refractivity contribution >= 4 is 17.5 Å². The number of nitrogens with one attached hydrogen (secondary N) is 1. The third-order valence-electron chi connectivity index (χ3n) is 4.68. The first-order valence-electron chi connectivity index (χ1n) is 9.44. The number of halogens is 1. The molecule has 5 heteroatoms. The minimum absolute atomic E-state index is 0.147. The van der Waals surface area contributed by atoms with E-state index in [1.165, 1.54) is 0 Å². The van der Waals surface area contributed by atoms with Gasteiger partial charge in [0.15, 0.2) is 0 Å². The smallest absolute Gasteiger partial charge is 0.255 e. The van der Waals surface area contributed by atoms with E-state index in [0.29, 0.717) is 16.3 Å². The van der Waals surface area contributed by atoms with Crippen LogP contribution in [0.15, 0.2) is 78.9 Å². The molecule has 0 aromatic heterocycles. The number of hydrogen-bond donors (Lipinski definition) is 1. The molecular weight excluding hydrogens is 386 g/mol. The van der Waals surface area contributed by atoms with E-state index in [0.717, 1.165) is 11.1 Å². The van der Waals surface area contributed by atoms with Crippen molar-refractivity contribution in [3.05, 3.63) is 101 Å². The maximum atomic E-state index is 12.9. The van der Waals surface area contributed by atoms with Gasteiger partial charge in [0.25, 0.3) is 5.91 Å². The molecule has 150 valence electrons. The number of rotatable bonds is 8. The number of hydrogen-bond acceptors (Lipinski definition) is 3. The Bertz CT molecular complexity index is 931. The van der Waals surface area contributed by atoms with E-state index in [4.69, 9.17) is 21.1 Å². The topological polar surface area (TPSA) is 47.6 Å². The molecule has 29 heavy (non-hydrogen) atoms. The van der Waals surface area contributed by atoms with Crippen LogP contribution in [0.4, 0.5) is 0 Å². The van der Waals surface area contributed by atoms with Gasteiger partial charge in [-0.25, -0.2) is 0 Å². The molecule has 0 radical (unpaired) electrons. The predicted molar refractivity (Wildman–Crippen MR) is 115 cm³/mol. The van der Waals surface area contributed by atoms with Crippen molar-refractivity contribution in [2.75, 3.05) is 13.7 Å². The lowest BCUT2D eigenvalue weighted by Crippen LogP contribution is -2.27. The highest BCUT2D eigenvalue weighted by Gasteiger charge is 2.18. The van der Waals surface area contributed by atoms with E-state index in [-0.39, 0.29) is 24.7 Å². The van der Waals surface area contributed by atoms with Gasteiger partial charge in [0.05, 0.1) is 11.6 Å². The van der Waals surface area contributed by atoms with Crippen molar-refractivity contribution in [1.29, 1.82) is 0 Å². The maximum absolute atomic E-state index is 12.9. The summed E-state index contributed by atoms with van der Waals surface area (Å²) >= 11 is 6.14. The molecule has 0 unspecified atom stereocenters. The largest absolute Gasteiger partial charge is 0.490 e. The van der Waals surface area contributed by atoms with Gasteiger partial charge in [-0.05, 0) is 36.2 Å². The van der Waals surface area contributed by atoms with Gasteiger partial charge in [0.1, 0.15) is 18.5 Å². The van der Waals surface area contributed by atoms with Crippen LogP contribution in [-0.4, -0.2) is 19.6 Å². The molecule has 3 aromatic carbocycles. The summed E-state index contributed by atoms with van der Waals surface area (Å²) < 4.78 is 11.5. The Morgan fingerprint density at radius 3 is 2.21 bits per heavy atom. The zero-order chi connectivity index (χ0) is 20.6. The van der Waals surface area contributed by atoms with Crippen LogP contribution < -0.4 is 10.1 Å². The van der Waals surface area contributed by atoms with Crippen molar-refractivity contribution < 1.29 is 14.3 Å². The van der Waals surface area contributed by atoms with Crippen LogP contribution in [0.1, 0.15) is 40.6 Å². The third kappa shape index (κ3) is 5.59. The van der Waals surface area contributed by atoms with Crippen molar-refractivity contribution in [1.82, 2.24) is 5.32 Å². The number of amides is 1. The summed E-state index contributed by atoms with van der Waals surface area (Å²) in [5.74, 6) is 0.220. The number of ether oxygens (including phenoxy) is 2. The lowest BCUT2D eigenvalue weighted by Gasteiger charge is -2.19. The number of carbonyl (C=O) groups is 1. The first-order chi connectivity index (χ1) is 14.1. The van der Waals surface area contributed by atoms with Gasteiger partial charge in [-0.2, -0.15) is 0 Å². The van der Waals surface area contributed by atoms with Gasteiger partial charge < -0.3 is 14.8 Å². The minimum atomic E-state index is -0.244. The Morgan fingerprint density at radius 2 is 1.59 bits per heavy atom. The van der Waals surface area contributed by atoms with Crippen molar-refractivity contribution in [2.45, 2.75) is 19.1 Å². The monoisotopic (exact) mass is 409 g/mol. The van der Waals surface area contributed by atoms with Gasteiger partial charge in [-0.1, -0.05) is 72.3 Å². The Labute approximate surface area is 176 Å². The van der Waals surface area contributed by atoms with E-state index in [9.17, 15) is 4.79 Å². The number of benzene rings is 3. The van der Waals surface area contributed by atoms with Gasteiger partial charge in [-0.15, -0.1) is 0 Å². The standard InChI is InChI=1S/C24H24ClNO3/c1-17(18-9-5-3-6-10-18)26-24(27)21-15-20(25)13-14-22(21)29-16-23(28-2)19-11-7-4-8-12-19/h3-15,17,23H,16H2,1-2H3,(H,26,27)/t17-,23+/m0/s1. The van der Waals surface area contributed by atoms with Crippen LogP contribution in [0.5, 0.6) is 5.75 Å². The fraction of sp³-hybridized carbons (Fsp3) is 0.208. The first kappa shape index (κ1) is 20.9. The normalized spacial score (nSPS) is 12.8. The zero-order valence-electron chi connectivity index (χ0n) is 16.5. The zero-order valence-corrected chi connectivity index (χ0v) is 17.2. The molecule has 0 heterocycles. The average molecular weight is 410 g/mol. The van der Waals surface area contributed by atoms with Gasteiger partial charge in [0, 0.05) is 12.1 Å². The summed E-state index contributed by atoms with van der Waals surface area (Å²) in [7, 11) is 1.64. The average Bonchev–Trinajstić information content (AvgIpc) is 2.76. The molecule has 0 fully saturated rings. The molecule has 0 bridgehead atoms. The molecule has 4 nitrogen and oxygen atoms in total. The molecule has 1 N–H and O–H groups in total. The Balaban J connectivity index is 1.74. The second kappa shape index (κ2) is 10.1. The first-order valence-corrected chi connectivity index (χ1v) is 9.82. The maximum Gasteiger partial charge on any atom is 0.255 e. The van der Waals surface area contributed by atoms with E-state index >= 15 is 0 Å².